The Bertz CT molecular complexity index is 1330. The standard InChI is InChI=1S/C24H23ClN4O6S/c1-12-20(36-13(2)28-12)23(33)27-11-19(24(34)35)29-22(32)17-7-6-15(9-18(17)25)21(31)26-10-14-4-3-5-16(30)8-14/h3-9,19,30H,10-11H2,1-2H3,(H,26,31)(H,27,33)(H,29,32)(H,34,35)/t19-/m0/s1. The highest BCUT2D eigenvalue weighted by atomic mass is 35.5. The third kappa shape index (κ3) is 6.80. The lowest BCUT2D eigenvalue weighted by Crippen LogP contribution is -2.48. The molecule has 0 aliphatic carbocycles. The van der Waals surface area contributed by atoms with Crippen molar-refractivity contribution in [3.05, 3.63) is 79.8 Å². The van der Waals surface area contributed by atoms with Gasteiger partial charge in [-0.15, -0.1) is 11.3 Å². The van der Waals surface area contributed by atoms with Gasteiger partial charge in [0, 0.05) is 18.7 Å². The predicted octanol–water partition coefficient (Wildman–Crippen LogP) is 2.66. The molecule has 1 heterocycles. The molecule has 12 heteroatoms. The molecule has 0 bridgehead atoms. The molecular weight excluding hydrogens is 508 g/mol. The lowest BCUT2D eigenvalue weighted by atomic mass is 10.1. The van der Waals surface area contributed by atoms with Crippen molar-refractivity contribution in [1.29, 1.82) is 0 Å². The number of aliphatic carboxylic acids is 1. The Hall–Kier alpha value is -3.96. The van der Waals surface area contributed by atoms with E-state index >= 15 is 0 Å². The summed E-state index contributed by atoms with van der Waals surface area (Å²) in [4.78, 5) is 53.6. The highest BCUT2D eigenvalue weighted by Crippen LogP contribution is 2.19. The van der Waals surface area contributed by atoms with Gasteiger partial charge in [0.05, 0.1) is 21.3 Å². The molecule has 0 saturated heterocycles. The number of rotatable bonds is 9. The van der Waals surface area contributed by atoms with E-state index in [1.807, 2.05) is 0 Å². The number of carbonyl (C=O) groups is 4. The number of hydrogen-bond donors (Lipinski definition) is 5. The van der Waals surface area contributed by atoms with Gasteiger partial charge in [-0.2, -0.15) is 0 Å². The Morgan fingerprint density at radius 2 is 1.78 bits per heavy atom. The molecule has 5 N–H and O–H groups in total. The normalized spacial score (nSPS) is 11.4. The van der Waals surface area contributed by atoms with Crippen LogP contribution in [0.4, 0.5) is 0 Å². The Morgan fingerprint density at radius 3 is 2.39 bits per heavy atom. The van der Waals surface area contributed by atoms with Crippen LogP contribution in [0, 0.1) is 13.8 Å². The smallest absolute Gasteiger partial charge is 0.328 e. The van der Waals surface area contributed by atoms with E-state index in [1.165, 1.54) is 41.7 Å². The van der Waals surface area contributed by atoms with Gasteiger partial charge < -0.3 is 26.2 Å². The molecule has 0 saturated carbocycles. The summed E-state index contributed by atoms with van der Waals surface area (Å²) in [6, 6.07) is 8.98. The van der Waals surface area contributed by atoms with Gasteiger partial charge >= 0.3 is 5.97 Å². The van der Waals surface area contributed by atoms with Crippen LogP contribution in [0.25, 0.3) is 0 Å². The zero-order valence-electron chi connectivity index (χ0n) is 19.3. The number of nitrogens with zero attached hydrogens (tertiary/aromatic N) is 1. The fourth-order valence-electron chi connectivity index (χ4n) is 3.24. The molecule has 3 rings (SSSR count). The van der Waals surface area contributed by atoms with Crippen molar-refractivity contribution in [2.75, 3.05) is 6.54 Å². The third-order valence-electron chi connectivity index (χ3n) is 5.02. The second kappa shape index (κ2) is 11.6. The number of phenols is 1. The molecule has 10 nitrogen and oxygen atoms in total. The van der Waals surface area contributed by atoms with E-state index < -0.39 is 29.7 Å². The molecule has 0 radical (unpaired) electrons. The summed E-state index contributed by atoms with van der Waals surface area (Å²) in [7, 11) is 0. The predicted molar refractivity (Wildman–Crippen MR) is 134 cm³/mol. The summed E-state index contributed by atoms with van der Waals surface area (Å²) in [5.74, 6) is -2.99. The van der Waals surface area contributed by atoms with Crippen molar-refractivity contribution in [1.82, 2.24) is 20.9 Å². The number of thiazole rings is 1. The second-order valence-corrected chi connectivity index (χ2v) is 9.38. The number of amides is 3. The third-order valence-corrected chi connectivity index (χ3v) is 6.40. The first-order valence-corrected chi connectivity index (χ1v) is 11.9. The number of halogens is 1. The Balaban J connectivity index is 1.61. The largest absolute Gasteiger partial charge is 0.508 e. The molecule has 3 aromatic rings. The first-order valence-electron chi connectivity index (χ1n) is 10.7. The van der Waals surface area contributed by atoms with Gasteiger partial charge in [0.2, 0.25) is 0 Å². The first-order chi connectivity index (χ1) is 17.0. The molecular formula is C24H23ClN4O6S. The van der Waals surface area contributed by atoms with Gasteiger partial charge in [-0.1, -0.05) is 23.7 Å². The van der Waals surface area contributed by atoms with Crippen molar-refractivity contribution < 1.29 is 29.4 Å². The first kappa shape index (κ1) is 26.6. The minimum atomic E-state index is -1.42. The van der Waals surface area contributed by atoms with Gasteiger partial charge in [0.1, 0.15) is 16.7 Å². The number of aromatic nitrogens is 1. The van der Waals surface area contributed by atoms with Crippen LogP contribution < -0.4 is 16.0 Å². The summed E-state index contributed by atoms with van der Waals surface area (Å²) < 4.78 is 0. The fourth-order valence-corrected chi connectivity index (χ4v) is 4.35. The minimum absolute atomic E-state index is 0.0345. The van der Waals surface area contributed by atoms with Crippen molar-refractivity contribution in [3.8, 4) is 5.75 Å². The second-order valence-electron chi connectivity index (χ2n) is 7.77. The van der Waals surface area contributed by atoms with Gasteiger partial charge in [-0.05, 0) is 49.7 Å². The maximum atomic E-state index is 12.7. The molecule has 0 unspecified atom stereocenters. The van der Waals surface area contributed by atoms with Crippen LogP contribution in [0.2, 0.25) is 5.02 Å². The van der Waals surface area contributed by atoms with E-state index in [9.17, 15) is 29.4 Å². The van der Waals surface area contributed by atoms with E-state index in [4.69, 9.17) is 11.6 Å². The van der Waals surface area contributed by atoms with Gasteiger partial charge in [0.25, 0.3) is 17.7 Å². The summed E-state index contributed by atoms with van der Waals surface area (Å²) in [6.07, 6.45) is 0. The molecule has 0 spiro atoms. The van der Waals surface area contributed by atoms with E-state index in [0.29, 0.717) is 21.1 Å². The Labute approximate surface area is 215 Å². The number of benzene rings is 2. The lowest BCUT2D eigenvalue weighted by molar-refractivity contribution is -0.139. The Morgan fingerprint density at radius 1 is 1.03 bits per heavy atom. The van der Waals surface area contributed by atoms with Crippen LogP contribution >= 0.6 is 22.9 Å². The van der Waals surface area contributed by atoms with E-state index in [0.717, 1.165) is 0 Å². The monoisotopic (exact) mass is 530 g/mol. The lowest BCUT2D eigenvalue weighted by Gasteiger charge is -2.16. The van der Waals surface area contributed by atoms with Crippen LogP contribution in [-0.2, 0) is 11.3 Å². The summed E-state index contributed by atoms with van der Waals surface area (Å²) in [6.45, 7) is 3.23. The fraction of sp³-hybridized carbons (Fsp3) is 0.208. The SMILES string of the molecule is Cc1nc(C)c(C(=O)NC[C@H](NC(=O)c2ccc(C(=O)NCc3cccc(O)c3)cc2Cl)C(=O)O)s1. The summed E-state index contributed by atoms with van der Waals surface area (Å²) >= 11 is 7.38. The van der Waals surface area contributed by atoms with Crippen molar-refractivity contribution in [2.24, 2.45) is 0 Å². The van der Waals surface area contributed by atoms with E-state index in [2.05, 4.69) is 20.9 Å². The maximum Gasteiger partial charge on any atom is 0.328 e. The molecule has 2 aromatic carbocycles. The molecule has 0 aliphatic rings. The summed E-state index contributed by atoms with van der Waals surface area (Å²) in [5.41, 5.74) is 1.38. The molecule has 1 aromatic heterocycles. The van der Waals surface area contributed by atoms with Crippen LogP contribution in [0.3, 0.4) is 0 Å². The van der Waals surface area contributed by atoms with Crippen molar-refractivity contribution in [3.63, 3.8) is 0 Å². The highest BCUT2D eigenvalue weighted by molar-refractivity contribution is 7.13. The molecule has 36 heavy (non-hydrogen) atoms. The number of carboxylic acids is 1. The zero-order chi connectivity index (χ0) is 26.4. The Kier molecular flexibility index (Phi) is 8.62. The molecule has 0 fully saturated rings. The van der Waals surface area contributed by atoms with Crippen LogP contribution in [0.5, 0.6) is 5.75 Å². The van der Waals surface area contributed by atoms with Crippen LogP contribution in [-0.4, -0.2) is 51.5 Å². The molecule has 188 valence electrons. The molecule has 0 aliphatic heterocycles. The molecule has 1 atom stereocenters. The zero-order valence-corrected chi connectivity index (χ0v) is 20.9. The number of nitrogens with one attached hydrogen (secondary N) is 3. The average Bonchev–Trinajstić information content (AvgIpc) is 3.17. The van der Waals surface area contributed by atoms with Crippen LogP contribution in [0.15, 0.2) is 42.5 Å². The average molecular weight is 531 g/mol. The van der Waals surface area contributed by atoms with E-state index in [1.54, 1.807) is 26.0 Å². The van der Waals surface area contributed by atoms with Crippen molar-refractivity contribution >= 4 is 46.6 Å². The number of carboxylic acid groups (broad SMARTS) is 1. The quantitative estimate of drug-likeness (QED) is 0.284. The van der Waals surface area contributed by atoms with E-state index in [-0.39, 0.29) is 35.0 Å². The van der Waals surface area contributed by atoms with Gasteiger partial charge in [0.15, 0.2) is 0 Å². The summed E-state index contributed by atoms with van der Waals surface area (Å²) in [5, 5.41) is 27.1. The van der Waals surface area contributed by atoms with Gasteiger partial charge in [-0.25, -0.2) is 9.78 Å². The number of aromatic hydroxyl groups is 1. The topological polar surface area (TPSA) is 158 Å². The minimum Gasteiger partial charge on any atom is -0.508 e. The number of aryl methyl sites for hydroxylation is 2. The number of hydrogen-bond acceptors (Lipinski definition) is 7. The number of phenolic OH excluding ortho intramolecular Hbond substituents is 1. The number of carbonyl (C=O) groups excluding carboxylic acids is 3. The van der Waals surface area contributed by atoms with Crippen molar-refractivity contribution in [2.45, 2.75) is 26.4 Å². The van der Waals surface area contributed by atoms with Crippen LogP contribution in [0.1, 0.15) is 46.7 Å². The maximum absolute atomic E-state index is 12.7. The van der Waals surface area contributed by atoms with Gasteiger partial charge in [-0.3, -0.25) is 14.4 Å². The highest BCUT2D eigenvalue weighted by Gasteiger charge is 2.24. The molecule has 3 amide bonds.